The molecule has 0 saturated heterocycles. The SMILES string of the molecule is CCCCCCCCCCCC[N+](C)(CCCCS(=O)(=O)[O-])CC[N+](C)(CCCCCCCCCCC)CCCCS(=O)(=O)[O-]. The van der Waals surface area contributed by atoms with Gasteiger partial charge in [0, 0.05) is 11.5 Å². The van der Waals surface area contributed by atoms with Crippen LogP contribution in [-0.2, 0) is 20.2 Å². The number of hydrogen-bond acceptors (Lipinski definition) is 6. The van der Waals surface area contributed by atoms with Gasteiger partial charge in [0.15, 0.2) is 0 Å². The molecule has 0 saturated carbocycles. The number of hydrogen-bond donors (Lipinski definition) is 0. The molecule has 0 aliphatic carbocycles. The minimum absolute atomic E-state index is 0.291. The van der Waals surface area contributed by atoms with E-state index in [1.807, 2.05) is 0 Å². The Labute approximate surface area is 280 Å². The van der Waals surface area contributed by atoms with Crippen LogP contribution in [0.15, 0.2) is 0 Å². The molecule has 0 aromatic carbocycles. The smallest absolute Gasteiger partial charge is 0.128 e. The molecule has 0 aliphatic rings. The number of quaternary nitrogens is 2. The lowest BCUT2D eigenvalue weighted by Crippen LogP contribution is -2.55. The van der Waals surface area contributed by atoms with Crippen molar-refractivity contribution in [3.05, 3.63) is 0 Å². The number of likely N-dealkylation sites (N-methyl/N-ethyl adjacent to an activating group) is 2. The number of nitrogens with zero attached hydrogens (tertiary/aromatic N) is 2. The summed E-state index contributed by atoms with van der Waals surface area (Å²) in [6.07, 6.45) is 26.7. The topological polar surface area (TPSA) is 114 Å². The first-order valence-corrected chi connectivity index (χ1v) is 21.9. The molecule has 0 aromatic rings. The van der Waals surface area contributed by atoms with E-state index in [2.05, 4.69) is 27.9 Å². The van der Waals surface area contributed by atoms with E-state index in [-0.39, 0.29) is 11.5 Å². The summed E-state index contributed by atoms with van der Waals surface area (Å²) in [6.45, 7) is 10.3. The summed E-state index contributed by atoms with van der Waals surface area (Å²) in [4.78, 5) is 0. The van der Waals surface area contributed by atoms with Crippen molar-refractivity contribution in [1.29, 1.82) is 0 Å². The van der Waals surface area contributed by atoms with Crippen LogP contribution in [0.3, 0.4) is 0 Å². The molecule has 272 valence electrons. The average molecular weight is 683 g/mol. The normalized spacial score (nSPS) is 15.2. The summed E-state index contributed by atoms with van der Waals surface area (Å²) >= 11 is 0. The molecular weight excluding hydrogens is 609 g/mol. The second-order valence-corrected chi connectivity index (χ2v) is 17.6. The quantitative estimate of drug-likeness (QED) is 0.0386. The van der Waals surface area contributed by atoms with Gasteiger partial charge in [0.25, 0.3) is 0 Å². The van der Waals surface area contributed by atoms with E-state index in [1.54, 1.807) is 0 Å². The van der Waals surface area contributed by atoms with Crippen LogP contribution >= 0.6 is 0 Å². The average Bonchev–Trinajstić information content (AvgIpc) is 2.96. The first-order chi connectivity index (χ1) is 21.2. The lowest BCUT2D eigenvalue weighted by molar-refractivity contribution is -0.964. The predicted molar refractivity (Wildman–Crippen MR) is 188 cm³/mol. The Kier molecular flexibility index (Phi) is 26.5. The van der Waals surface area contributed by atoms with Crippen molar-refractivity contribution in [2.75, 3.05) is 64.9 Å². The van der Waals surface area contributed by atoms with E-state index < -0.39 is 20.2 Å². The van der Waals surface area contributed by atoms with Crippen molar-refractivity contribution in [3.8, 4) is 0 Å². The van der Waals surface area contributed by atoms with E-state index in [0.29, 0.717) is 12.8 Å². The van der Waals surface area contributed by atoms with E-state index in [0.717, 1.165) is 73.9 Å². The monoisotopic (exact) mass is 682 g/mol. The summed E-state index contributed by atoms with van der Waals surface area (Å²) in [6, 6.07) is 0. The third-order valence-corrected chi connectivity index (χ3v) is 11.3. The fraction of sp³-hybridized carbons (Fsp3) is 1.00. The molecule has 0 bridgehead atoms. The molecule has 2 unspecified atom stereocenters. The molecular formula is C35H74N2O6S2. The van der Waals surface area contributed by atoms with Crippen molar-refractivity contribution in [2.45, 2.75) is 162 Å². The van der Waals surface area contributed by atoms with Crippen molar-refractivity contribution in [3.63, 3.8) is 0 Å². The Morgan fingerprint density at radius 2 is 0.578 bits per heavy atom. The van der Waals surface area contributed by atoms with Gasteiger partial charge in [-0.15, -0.1) is 0 Å². The highest BCUT2D eigenvalue weighted by Gasteiger charge is 2.28. The summed E-state index contributed by atoms with van der Waals surface area (Å²) in [5, 5.41) is 0. The van der Waals surface area contributed by atoms with Crippen molar-refractivity contribution >= 4 is 20.2 Å². The maximum absolute atomic E-state index is 11.2. The summed E-state index contributed by atoms with van der Waals surface area (Å²) in [7, 11) is -3.81. The highest BCUT2D eigenvalue weighted by atomic mass is 32.2. The predicted octanol–water partition coefficient (Wildman–Crippen LogP) is 7.98. The van der Waals surface area contributed by atoms with Gasteiger partial charge in [0.1, 0.15) is 13.1 Å². The second kappa shape index (κ2) is 26.7. The maximum Gasteiger partial charge on any atom is 0.128 e. The van der Waals surface area contributed by atoms with Crippen LogP contribution in [0.4, 0.5) is 0 Å². The third-order valence-electron chi connectivity index (χ3n) is 9.72. The van der Waals surface area contributed by atoms with Crippen LogP contribution in [0.1, 0.15) is 162 Å². The van der Waals surface area contributed by atoms with Gasteiger partial charge >= 0.3 is 0 Å². The van der Waals surface area contributed by atoms with Gasteiger partial charge in [0.05, 0.1) is 60.5 Å². The van der Waals surface area contributed by atoms with Crippen LogP contribution in [0.25, 0.3) is 0 Å². The summed E-state index contributed by atoms with van der Waals surface area (Å²) in [5.41, 5.74) is 0. The third kappa shape index (κ3) is 30.8. The lowest BCUT2D eigenvalue weighted by Gasteiger charge is -2.40. The maximum atomic E-state index is 11.2. The van der Waals surface area contributed by atoms with E-state index in [4.69, 9.17) is 0 Å². The molecule has 0 spiro atoms. The Balaban J connectivity index is 5.04. The van der Waals surface area contributed by atoms with Gasteiger partial charge in [-0.1, -0.05) is 110 Å². The van der Waals surface area contributed by atoms with Gasteiger partial charge < -0.3 is 18.1 Å². The second-order valence-electron chi connectivity index (χ2n) is 14.5. The molecule has 0 fully saturated rings. The zero-order chi connectivity index (χ0) is 33.9. The van der Waals surface area contributed by atoms with Crippen LogP contribution in [0, 0.1) is 0 Å². The zero-order valence-corrected chi connectivity index (χ0v) is 31.7. The largest absolute Gasteiger partial charge is 0.748 e. The number of unbranched alkanes of at least 4 members (excludes halogenated alkanes) is 19. The molecule has 0 radical (unpaired) electrons. The fourth-order valence-corrected chi connectivity index (χ4v) is 7.60. The summed E-state index contributed by atoms with van der Waals surface area (Å²) < 4.78 is 68.8. The number of rotatable bonds is 34. The molecule has 2 atom stereocenters. The van der Waals surface area contributed by atoms with Gasteiger partial charge in [-0.05, 0) is 51.4 Å². The van der Waals surface area contributed by atoms with Crippen molar-refractivity contribution in [1.82, 2.24) is 0 Å². The van der Waals surface area contributed by atoms with Gasteiger partial charge in [-0.2, -0.15) is 0 Å². The van der Waals surface area contributed by atoms with Crippen molar-refractivity contribution < 1.29 is 34.9 Å². The van der Waals surface area contributed by atoms with Crippen LogP contribution in [0.2, 0.25) is 0 Å². The lowest BCUT2D eigenvalue weighted by atomic mass is 10.1. The Hall–Kier alpha value is -0.260. The molecule has 10 heteroatoms. The molecule has 0 aliphatic heterocycles. The molecule has 0 amide bonds. The molecule has 8 nitrogen and oxygen atoms in total. The molecule has 0 aromatic heterocycles. The van der Waals surface area contributed by atoms with Crippen LogP contribution in [0.5, 0.6) is 0 Å². The Morgan fingerprint density at radius 3 is 0.822 bits per heavy atom. The Morgan fingerprint density at radius 1 is 0.356 bits per heavy atom. The minimum atomic E-state index is -4.19. The highest BCUT2D eigenvalue weighted by Crippen LogP contribution is 2.18. The molecule has 45 heavy (non-hydrogen) atoms. The summed E-state index contributed by atoms with van der Waals surface area (Å²) in [5.74, 6) is -0.583. The minimum Gasteiger partial charge on any atom is -0.748 e. The molecule has 0 N–H and O–H groups in total. The first kappa shape index (κ1) is 44.7. The first-order valence-electron chi connectivity index (χ1n) is 18.8. The van der Waals surface area contributed by atoms with Crippen molar-refractivity contribution in [2.24, 2.45) is 0 Å². The van der Waals surface area contributed by atoms with Gasteiger partial charge in [-0.25, -0.2) is 16.8 Å². The van der Waals surface area contributed by atoms with Crippen LogP contribution < -0.4 is 0 Å². The van der Waals surface area contributed by atoms with Crippen LogP contribution in [-0.4, -0.2) is 99.8 Å². The van der Waals surface area contributed by atoms with Gasteiger partial charge in [0.2, 0.25) is 0 Å². The zero-order valence-electron chi connectivity index (χ0n) is 30.1. The Bertz CT molecular complexity index is 900. The van der Waals surface area contributed by atoms with E-state index >= 15 is 0 Å². The standard InChI is InChI=1S/C35H74N2O6S2/c1-5-7-9-11-13-15-17-19-21-23-29-37(4,31-25-27-35-45(41,42)43)33-32-36(3,30-24-26-34-44(38,39)40)28-22-20-18-16-14-12-10-8-6-2/h5-35H2,1-4H3. The highest BCUT2D eigenvalue weighted by molar-refractivity contribution is 7.85. The van der Waals surface area contributed by atoms with Gasteiger partial charge in [-0.3, -0.25) is 0 Å². The van der Waals surface area contributed by atoms with E-state index in [9.17, 15) is 25.9 Å². The van der Waals surface area contributed by atoms with E-state index in [1.165, 1.54) is 109 Å². The molecule has 0 rings (SSSR count). The molecule has 0 heterocycles. The fourth-order valence-electron chi connectivity index (χ4n) is 6.48.